The normalized spacial score (nSPS) is 22.7. The van der Waals surface area contributed by atoms with Gasteiger partial charge in [-0.1, -0.05) is 43.5 Å². The van der Waals surface area contributed by atoms with Crippen molar-refractivity contribution < 1.29 is 21.2 Å². The third-order valence-electron chi connectivity index (χ3n) is 7.63. The Kier molecular flexibility index (Phi) is 12.1. The predicted molar refractivity (Wildman–Crippen MR) is 165 cm³/mol. The van der Waals surface area contributed by atoms with Gasteiger partial charge in [-0.05, 0) is 76.6 Å². The second-order valence-electron chi connectivity index (χ2n) is 12.3. The smallest absolute Gasteiger partial charge is 0.252 e. The standard InChI is InChI=1S/C28H36N2O4S.C4H11N.H2/c1-19-24(12-7-13-26(19)32)28(34)29-25(18-35-23-10-3-2-4-11-23)27(33)16-30-15-21-9-6-5-8-20(21)14-22(30)17-31;1-4(2,3)5;/h2-4,7,10-13,17,20-22,25,27,32-33H,5-6,8-9,14-16,18H2,1H3,(H,29,34);5H2,1-3H3;1H/t20-,21+,22-,25+,27+;;/m0../s1. The van der Waals surface area contributed by atoms with E-state index in [4.69, 9.17) is 5.73 Å². The fourth-order valence-corrected chi connectivity index (χ4v) is 6.54. The first-order valence-corrected chi connectivity index (χ1v) is 15.4. The number of nitrogens with zero attached hydrogens (tertiary/aromatic N) is 1. The Bertz CT molecular complexity index is 1090. The monoisotopic (exact) mass is 571 g/mol. The van der Waals surface area contributed by atoms with Crippen molar-refractivity contribution in [1.29, 1.82) is 0 Å². The number of amides is 1. The third kappa shape index (κ3) is 9.91. The molecule has 1 amide bonds. The zero-order valence-electron chi connectivity index (χ0n) is 24.4. The third-order valence-corrected chi connectivity index (χ3v) is 8.76. The highest BCUT2D eigenvalue weighted by Crippen LogP contribution is 2.38. The van der Waals surface area contributed by atoms with Gasteiger partial charge < -0.3 is 26.1 Å². The quantitative estimate of drug-likeness (QED) is 0.247. The fraction of sp³-hybridized carbons (Fsp3) is 0.562. The van der Waals surface area contributed by atoms with Gasteiger partial charge in [-0.2, -0.15) is 0 Å². The Balaban J connectivity index is 0.000000902. The van der Waals surface area contributed by atoms with Gasteiger partial charge in [0.2, 0.25) is 0 Å². The van der Waals surface area contributed by atoms with E-state index in [-0.39, 0.29) is 24.7 Å². The molecule has 7 nitrogen and oxygen atoms in total. The topological polar surface area (TPSA) is 116 Å². The number of nitrogens with one attached hydrogen (secondary N) is 1. The number of benzene rings is 2. The molecule has 222 valence electrons. The molecule has 1 saturated carbocycles. The number of aromatic hydroxyl groups is 1. The van der Waals surface area contributed by atoms with Gasteiger partial charge in [0.1, 0.15) is 12.0 Å². The zero-order chi connectivity index (χ0) is 29.3. The van der Waals surface area contributed by atoms with Gasteiger partial charge in [0.05, 0.1) is 18.2 Å². The van der Waals surface area contributed by atoms with Gasteiger partial charge in [-0.15, -0.1) is 11.8 Å². The second kappa shape index (κ2) is 15.0. The number of carbonyl (C=O) groups excluding carboxylic acids is 2. The van der Waals surface area contributed by atoms with Crippen LogP contribution >= 0.6 is 11.8 Å². The number of aliphatic hydroxyl groups excluding tert-OH is 1. The van der Waals surface area contributed by atoms with Gasteiger partial charge in [-0.3, -0.25) is 9.69 Å². The molecule has 1 aliphatic heterocycles. The highest BCUT2D eigenvalue weighted by molar-refractivity contribution is 7.99. The Morgan fingerprint density at radius 1 is 1.15 bits per heavy atom. The van der Waals surface area contributed by atoms with Gasteiger partial charge in [0.15, 0.2) is 0 Å². The van der Waals surface area contributed by atoms with Crippen LogP contribution in [0.3, 0.4) is 0 Å². The van der Waals surface area contributed by atoms with Crippen molar-refractivity contribution in [2.45, 2.75) is 88.4 Å². The van der Waals surface area contributed by atoms with Crippen LogP contribution in [0.15, 0.2) is 53.4 Å². The minimum Gasteiger partial charge on any atom is -0.508 e. The summed E-state index contributed by atoms with van der Waals surface area (Å²) in [6.07, 6.45) is 5.91. The molecule has 1 heterocycles. The van der Waals surface area contributed by atoms with Crippen molar-refractivity contribution >= 4 is 24.0 Å². The number of likely N-dealkylation sites (tertiary alicyclic amines) is 1. The van der Waals surface area contributed by atoms with Crippen LogP contribution in [0.2, 0.25) is 0 Å². The van der Waals surface area contributed by atoms with E-state index in [0.29, 0.717) is 35.3 Å². The minimum atomic E-state index is -0.838. The van der Waals surface area contributed by atoms with E-state index in [1.807, 2.05) is 51.1 Å². The summed E-state index contributed by atoms with van der Waals surface area (Å²) in [5, 5.41) is 24.4. The maximum atomic E-state index is 13.1. The zero-order valence-corrected chi connectivity index (χ0v) is 25.2. The fourth-order valence-electron chi connectivity index (χ4n) is 5.52. The lowest BCUT2D eigenvalue weighted by Crippen LogP contribution is -2.55. The van der Waals surface area contributed by atoms with Crippen LogP contribution < -0.4 is 11.1 Å². The molecule has 2 fully saturated rings. The average molecular weight is 572 g/mol. The van der Waals surface area contributed by atoms with Crippen LogP contribution in [0.25, 0.3) is 0 Å². The number of fused-ring (bicyclic) bond motifs is 1. The Hall–Kier alpha value is -2.39. The predicted octanol–water partition coefficient (Wildman–Crippen LogP) is 5.02. The molecule has 0 radical (unpaired) electrons. The molecule has 0 aromatic heterocycles. The molecule has 0 bridgehead atoms. The van der Waals surface area contributed by atoms with Crippen LogP contribution in [0, 0.1) is 18.8 Å². The Labute approximate surface area is 245 Å². The summed E-state index contributed by atoms with van der Waals surface area (Å²) in [6.45, 7) is 8.76. The maximum absolute atomic E-state index is 13.1. The number of piperidine rings is 1. The lowest BCUT2D eigenvalue weighted by molar-refractivity contribution is -0.116. The van der Waals surface area contributed by atoms with Crippen molar-refractivity contribution in [3.05, 3.63) is 59.7 Å². The summed E-state index contributed by atoms with van der Waals surface area (Å²) in [6, 6.07) is 14.1. The van der Waals surface area contributed by atoms with E-state index in [2.05, 4.69) is 10.2 Å². The number of hydrogen-bond acceptors (Lipinski definition) is 7. The van der Waals surface area contributed by atoms with Crippen LogP contribution in [0.4, 0.5) is 0 Å². The lowest BCUT2D eigenvalue weighted by Gasteiger charge is -2.45. The van der Waals surface area contributed by atoms with E-state index >= 15 is 0 Å². The number of aliphatic hydroxyl groups is 1. The van der Waals surface area contributed by atoms with Crippen molar-refractivity contribution in [2.24, 2.45) is 17.6 Å². The first-order chi connectivity index (χ1) is 19.0. The number of phenols is 1. The molecule has 5 atom stereocenters. The van der Waals surface area contributed by atoms with Crippen molar-refractivity contribution in [2.75, 3.05) is 18.8 Å². The molecule has 5 N–H and O–H groups in total. The summed E-state index contributed by atoms with van der Waals surface area (Å²) in [4.78, 5) is 28.2. The highest BCUT2D eigenvalue weighted by atomic mass is 32.2. The first-order valence-electron chi connectivity index (χ1n) is 14.4. The van der Waals surface area contributed by atoms with Gasteiger partial charge in [-0.25, -0.2) is 0 Å². The minimum absolute atomic E-state index is 0. The number of carbonyl (C=O) groups is 2. The molecule has 8 heteroatoms. The van der Waals surface area contributed by atoms with Gasteiger partial charge in [0.25, 0.3) is 5.91 Å². The maximum Gasteiger partial charge on any atom is 0.252 e. The molecule has 2 aromatic carbocycles. The molecule has 0 unspecified atom stereocenters. The molecule has 2 aliphatic rings. The number of hydrogen-bond donors (Lipinski definition) is 4. The molecule has 4 rings (SSSR count). The lowest BCUT2D eigenvalue weighted by atomic mass is 9.73. The molecule has 0 spiro atoms. The van der Waals surface area contributed by atoms with Crippen LogP contribution in [-0.4, -0.2) is 69.9 Å². The summed E-state index contributed by atoms with van der Waals surface area (Å²) in [5.74, 6) is 1.41. The van der Waals surface area contributed by atoms with E-state index in [9.17, 15) is 19.8 Å². The van der Waals surface area contributed by atoms with E-state index in [0.717, 1.165) is 24.1 Å². The Morgan fingerprint density at radius 3 is 2.45 bits per heavy atom. The molecule has 2 aromatic rings. The molecular weight excluding hydrogens is 522 g/mol. The summed E-state index contributed by atoms with van der Waals surface area (Å²) >= 11 is 1.58. The first kappa shape index (κ1) is 32.1. The van der Waals surface area contributed by atoms with Crippen LogP contribution in [0.5, 0.6) is 5.75 Å². The number of nitrogens with two attached hydrogens (primary N) is 1. The van der Waals surface area contributed by atoms with Crippen LogP contribution in [0.1, 0.15) is 70.2 Å². The van der Waals surface area contributed by atoms with Crippen LogP contribution in [-0.2, 0) is 4.79 Å². The Morgan fingerprint density at radius 2 is 1.80 bits per heavy atom. The number of phenolic OH excluding ortho intramolecular Hbond substituents is 1. The highest BCUT2D eigenvalue weighted by Gasteiger charge is 2.38. The summed E-state index contributed by atoms with van der Waals surface area (Å²) in [5.41, 5.74) is 6.25. The number of thioether (sulfide) groups is 1. The summed E-state index contributed by atoms with van der Waals surface area (Å²) in [7, 11) is 0. The SMILES string of the molecule is CC(C)(C)N.Cc1c(O)cccc1C(=O)N[C@H](CSc1ccccc1)[C@H](O)CN1C[C@H]2CCCC[C@H]2C[C@H]1C=O.[HH]. The summed E-state index contributed by atoms with van der Waals surface area (Å²) < 4.78 is 0. The molecule has 40 heavy (non-hydrogen) atoms. The number of aldehydes is 1. The van der Waals surface area contributed by atoms with Crippen molar-refractivity contribution in [3.8, 4) is 5.75 Å². The van der Waals surface area contributed by atoms with Crippen molar-refractivity contribution in [3.63, 3.8) is 0 Å². The van der Waals surface area contributed by atoms with E-state index in [1.54, 1.807) is 36.9 Å². The van der Waals surface area contributed by atoms with E-state index in [1.165, 1.54) is 25.7 Å². The number of β-amino-alcohol motifs (C(OH)–C–C–N with tert-alkyl or cyclic N) is 1. The van der Waals surface area contributed by atoms with E-state index < -0.39 is 12.1 Å². The molecule has 1 aliphatic carbocycles. The average Bonchev–Trinajstić information content (AvgIpc) is 2.91. The second-order valence-corrected chi connectivity index (χ2v) is 13.4. The molecular formula is C32H49N3O4S. The van der Waals surface area contributed by atoms with Crippen molar-refractivity contribution in [1.82, 2.24) is 10.2 Å². The molecule has 1 saturated heterocycles. The van der Waals surface area contributed by atoms with Gasteiger partial charge >= 0.3 is 0 Å². The number of rotatable bonds is 9. The largest absolute Gasteiger partial charge is 0.508 e. The van der Waals surface area contributed by atoms with Gasteiger partial charge in [0, 0.05) is 41.8 Å².